The molecule has 1 aromatic rings. The summed E-state index contributed by atoms with van der Waals surface area (Å²) in [5.74, 6) is 0.302. The van der Waals surface area contributed by atoms with Crippen molar-refractivity contribution in [3.8, 4) is 5.75 Å². The summed E-state index contributed by atoms with van der Waals surface area (Å²) in [6.45, 7) is 18.1. The smallest absolute Gasteiger partial charge is 0.171 e. The Hall–Kier alpha value is -1.18. The third kappa shape index (κ3) is 5.25. The highest BCUT2D eigenvalue weighted by molar-refractivity contribution is 5.30. The summed E-state index contributed by atoms with van der Waals surface area (Å²) in [4.78, 5) is 6.62. The van der Waals surface area contributed by atoms with Gasteiger partial charge >= 0.3 is 0 Å². The standard InChI is InChI=1S/C25H39NO5/c1-18(19-9-8-10-20(11-19)27-12-21-13-28-21)31-26-23(4,5)14-25(15-24(26,6)7)29-16-22(2,3)17-30-25/h8-11,18,21H,12-17H2,1-7H3. The molecule has 2 unspecified atom stereocenters. The van der Waals surface area contributed by atoms with Gasteiger partial charge in [0.25, 0.3) is 0 Å². The van der Waals surface area contributed by atoms with Gasteiger partial charge in [-0.1, -0.05) is 26.0 Å². The van der Waals surface area contributed by atoms with Crippen LogP contribution in [0.5, 0.6) is 5.75 Å². The molecule has 0 saturated carbocycles. The van der Waals surface area contributed by atoms with Gasteiger partial charge in [0.05, 0.1) is 19.8 Å². The molecule has 3 saturated heterocycles. The first-order valence-electron chi connectivity index (χ1n) is 11.5. The molecule has 0 bridgehead atoms. The second-order valence-corrected chi connectivity index (χ2v) is 11.5. The second-order valence-electron chi connectivity index (χ2n) is 11.5. The van der Waals surface area contributed by atoms with E-state index in [0.717, 1.165) is 44.0 Å². The Bertz CT molecular complexity index is 756. The van der Waals surface area contributed by atoms with Crippen molar-refractivity contribution in [2.45, 2.75) is 90.4 Å². The van der Waals surface area contributed by atoms with Gasteiger partial charge < -0.3 is 18.9 Å². The van der Waals surface area contributed by atoms with E-state index in [1.165, 1.54) is 0 Å². The normalized spacial score (nSPS) is 29.5. The summed E-state index contributed by atoms with van der Waals surface area (Å²) in [6.07, 6.45) is 1.66. The summed E-state index contributed by atoms with van der Waals surface area (Å²) in [6, 6.07) is 8.15. The number of hydrogen-bond donors (Lipinski definition) is 0. The molecule has 1 aromatic carbocycles. The van der Waals surface area contributed by atoms with Crippen molar-refractivity contribution in [3.05, 3.63) is 29.8 Å². The van der Waals surface area contributed by atoms with Crippen molar-refractivity contribution < 1.29 is 23.8 Å². The monoisotopic (exact) mass is 433 g/mol. The van der Waals surface area contributed by atoms with Crippen molar-refractivity contribution in [2.75, 3.05) is 26.4 Å². The van der Waals surface area contributed by atoms with E-state index in [2.05, 4.69) is 65.7 Å². The second kappa shape index (κ2) is 7.99. The molecule has 31 heavy (non-hydrogen) atoms. The van der Waals surface area contributed by atoms with Crippen LogP contribution < -0.4 is 4.74 Å². The van der Waals surface area contributed by atoms with Crippen LogP contribution in [0.1, 0.15) is 73.0 Å². The van der Waals surface area contributed by atoms with Crippen LogP contribution in [0.15, 0.2) is 24.3 Å². The van der Waals surface area contributed by atoms with Crippen LogP contribution in [0.25, 0.3) is 0 Å². The van der Waals surface area contributed by atoms with E-state index in [0.29, 0.717) is 6.61 Å². The number of benzene rings is 1. The Kier molecular flexibility index (Phi) is 5.93. The summed E-state index contributed by atoms with van der Waals surface area (Å²) < 4.78 is 23.8. The molecular weight excluding hydrogens is 394 g/mol. The molecule has 0 N–H and O–H groups in total. The van der Waals surface area contributed by atoms with Crippen LogP contribution >= 0.6 is 0 Å². The van der Waals surface area contributed by atoms with Crippen molar-refractivity contribution in [1.29, 1.82) is 0 Å². The fourth-order valence-electron chi connectivity index (χ4n) is 5.00. The third-order valence-electron chi connectivity index (χ3n) is 6.38. The minimum Gasteiger partial charge on any atom is -0.491 e. The molecule has 3 aliphatic heterocycles. The van der Waals surface area contributed by atoms with E-state index >= 15 is 0 Å². The number of nitrogens with zero attached hydrogens (tertiary/aromatic N) is 1. The first-order valence-corrected chi connectivity index (χ1v) is 11.5. The van der Waals surface area contributed by atoms with E-state index < -0.39 is 5.79 Å². The van der Waals surface area contributed by atoms with Crippen molar-refractivity contribution in [2.24, 2.45) is 5.41 Å². The Morgan fingerprint density at radius 2 is 1.65 bits per heavy atom. The molecule has 2 atom stereocenters. The molecule has 3 fully saturated rings. The van der Waals surface area contributed by atoms with Gasteiger partial charge in [-0.05, 0) is 52.3 Å². The van der Waals surface area contributed by atoms with Crippen LogP contribution in [0.3, 0.4) is 0 Å². The minimum absolute atomic E-state index is 0.0560. The molecule has 0 amide bonds. The van der Waals surface area contributed by atoms with E-state index in [9.17, 15) is 0 Å². The van der Waals surface area contributed by atoms with Gasteiger partial charge in [-0.3, -0.25) is 4.84 Å². The lowest BCUT2D eigenvalue weighted by Gasteiger charge is -2.59. The summed E-state index contributed by atoms with van der Waals surface area (Å²) in [5.41, 5.74) is 0.637. The van der Waals surface area contributed by atoms with Crippen LogP contribution in [0.4, 0.5) is 0 Å². The molecule has 0 aromatic heterocycles. The molecule has 3 heterocycles. The summed E-state index contributed by atoms with van der Waals surface area (Å²) >= 11 is 0. The lowest BCUT2D eigenvalue weighted by atomic mass is 9.77. The van der Waals surface area contributed by atoms with Crippen LogP contribution in [0, 0.1) is 5.41 Å². The molecule has 6 heteroatoms. The Labute approximate surface area is 187 Å². The highest BCUT2D eigenvalue weighted by atomic mass is 16.7. The lowest BCUT2D eigenvalue weighted by molar-refractivity contribution is -0.387. The van der Waals surface area contributed by atoms with Crippen molar-refractivity contribution in [3.63, 3.8) is 0 Å². The average molecular weight is 434 g/mol. The molecule has 0 radical (unpaired) electrons. The molecule has 0 aliphatic carbocycles. The maximum Gasteiger partial charge on any atom is 0.171 e. The topological polar surface area (TPSA) is 52.7 Å². The van der Waals surface area contributed by atoms with Gasteiger partial charge in [-0.2, -0.15) is 5.06 Å². The molecule has 6 nitrogen and oxygen atoms in total. The zero-order valence-corrected chi connectivity index (χ0v) is 20.2. The average Bonchev–Trinajstić information content (AvgIpc) is 3.50. The Morgan fingerprint density at radius 3 is 2.23 bits per heavy atom. The van der Waals surface area contributed by atoms with E-state index in [1.54, 1.807) is 0 Å². The van der Waals surface area contributed by atoms with E-state index in [1.807, 2.05) is 12.1 Å². The number of ether oxygens (including phenoxy) is 4. The van der Waals surface area contributed by atoms with Crippen LogP contribution in [-0.4, -0.2) is 54.5 Å². The largest absolute Gasteiger partial charge is 0.491 e. The predicted octanol–water partition coefficient (Wildman–Crippen LogP) is 4.88. The molecule has 174 valence electrons. The predicted molar refractivity (Wildman–Crippen MR) is 119 cm³/mol. The van der Waals surface area contributed by atoms with E-state index in [4.69, 9.17) is 23.8 Å². The van der Waals surface area contributed by atoms with Gasteiger partial charge in [0.15, 0.2) is 5.79 Å². The van der Waals surface area contributed by atoms with Crippen LogP contribution in [-0.2, 0) is 19.0 Å². The van der Waals surface area contributed by atoms with Crippen molar-refractivity contribution in [1.82, 2.24) is 5.06 Å². The highest BCUT2D eigenvalue weighted by Crippen LogP contribution is 2.49. The van der Waals surface area contributed by atoms with E-state index in [-0.39, 0.29) is 28.7 Å². The first kappa shape index (κ1) is 23.0. The summed E-state index contributed by atoms with van der Waals surface area (Å²) in [5, 5.41) is 2.16. The number of piperidine rings is 1. The fraction of sp³-hybridized carbons (Fsp3) is 0.760. The molecule has 1 spiro atoms. The quantitative estimate of drug-likeness (QED) is 0.596. The Morgan fingerprint density at radius 1 is 1.03 bits per heavy atom. The fourth-order valence-corrected chi connectivity index (χ4v) is 5.00. The van der Waals surface area contributed by atoms with Gasteiger partial charge in [-0.25, -0.2) is 0 Å². The maximum absolute atomic E-state index is 6.62. The molecular formula is C25H39NO5. The maximum atomic E-state index is 6.62. The van der Waals surface area contributed by atoms with Gasteiger partial charge in [0, 0.05) is 29.3 Å². The molecule has 3 aliphatic rings. The van der Waals surface area contributed by atoms with Crippen molar-refractivity contribution >= 4 is 0 Å². The highest BCUT2D eigenvalue weighted by Gasteiger charge is 2.57. The third-order valence-corrected chi connectivity index (χ3v) is 6.38. The first-order chi connectivity index (χ1) is 14.4. The SMILES string of the molecule is CC(ON1C(C)(C)CC2(CC1(C)C)OCC(C)(C)CO2)c1cccc(OCC2CO2)c1. The zero-order chi connectivity index (χ0) is 22.5. The van der Waals surface area contributed by atoms with Gasteiger partial charge in [0.2, 0.25) is 0 Å². The number of epoxide rings is 1. The lowest BCUT2D eigenvalue weighted by Crippen LogP contribution is -2.68. The van der Waals surface area contributed by atoms with Gasteiger partial charge in [0.1, 0.15) is 24.6 Å². The summed E-state index contributed by atoms with van der Waals surface area (Å²) in [7, 11) is 0. The Balaban J connectivity index is 1.46. The van der Waals surface area contributed by atoms with Crippen LogP contribution in [0.2, 0.25) is 0 Å². The zero-order valence-electron chi connectivity index (χ0n) is 20.2. The number of hydrogen-bond acceptors (Lipinski definition) is 6. The molecule has 4 rings (SSSR count). The van der Waals surface area contributed by atoms with Gasteiger partial charge in [-0.15, -0.1) is 0 Å². The minimum atomic E-state index is -0.551. The number of rotatable bonds is 6. The number of hydroxylamine groups is 2.